The second-order valence-corrected chi connectivity index (χ2v) is 9.64. The van der Waals surface area contributed by atoms with Gasteiger partial charge in [0.15, 0.2) is 0 Å². The number of ketones is 1. The first-order chi connectivity index (χ1) is 16.6. The number of rotatable bonds is 13. The maximum atomic E-state index is 12.7. The molecule has 0 unspecified atom stereocenters. The van der Waals surface area contributed by atoms with E-state index in [4.69, 9.17) is 14.3 Å². The summed E-state index contributed by atoms with van der Waals surface area (Å²) in [6.45, 7) is 7.70. The fraction of sp³-hybridized carbons (Fsp3) is 0.615. The molecule has 0 aliphatic carbocycles. The Balaban J connectivity index is 1.92. The number of Topliss-reactive ketones (excluding diaryl/α,β-unsaturated/α-hetero) is 1. The molecular weight excluding hydrogens is 452 g/mol. The fourth-order valence-electron chi connectivity index (χ4n) is 3.44. The Labute approximate surface area is 207 Å². The van der Waals surface area contributed by atoms with Gasteiger partial charge in [0.2, 0.25) is 5.78 Å². The molecule has 0 radical (unpaired) electrons. The van der Waals surface area contributed by atoms with Crippen LogP contribution in [0.3, 0.4) is 0 Å². The molecule has 1 aromatic rings. The van der Waals surface area contributed by atoms with Crippen molar-refractivity contribution in [2.75, 3.05) is 19.7 Å². The Kier molecular flexibility index (Phi) is 11.0. The van der Waals surface area contributed by atoms with Gasteiger partial charge in [-0.25, -0.2) is 9.59 Å². The van der Waals surface area contributed by atoms with Gasteiger partial charge < -0.3 is 14.3 Å². The van der Waals surface area contributed by atoms with E-state index in [9.17, 15) is 19.2 Å². The molecule has 1 heterocycles. The Bertz CT molecular complexity index is 861. The van der Waals surface area contributed by atoms with Crippen LogP contribution in [0, 0.1) is 0 Å². The summed E-state index contributed by atoms with van der Waals surface area (Å²) in [7, 11) is 0. The van der Waals surface area contributed by atoms with Gasteiger partial charge in [-0.15, -0.1) is 0 Å². The Morgan fingerprint density at radius 2 is 1.66 bits per heavy atom. The lowest BCUT2D eigenvalue weighted by Gasteiger charge is -2.27. The molecule has 35 heavy (non-hydrogen) atoms. The van der Waals surface area contributed by atoms with E-state index in [1.807, 2.05) is 24.3 Å². The first-order valence-electron chi connectivity index (χ1n) is 12.3. The fourth-order valence-corrected chi connectivity index (χ4v) is 3.44. The number of hydroxylamine groups is 2. The molecule has 1 saturated heterocycles. The zero-order valence-corrected chi connectivity index (χ0v) is 21.3. The first-order valence-corrected chi connectivity index (χ1v) is 12.3. The van der Waals surface area contributed by atoms with Gasteiger partial charge in [-0.2, -0.15) is 5.06 Å². The number of nitrogens with zero attached hydrogens (tertiary/aromatic N) is 2. The van der Waals surface area contributed by atoms with Gasteiger partial charge in [-0.3, -0.25) is 14.5 Å². The number of ether oxygens (including phenoxy) is 2. The van der Waals surface area contributed by atoms with E-state index in [0.717, 1.165) is 29.2 Å². The molecule has 0 saturated carbocycles. The standard InChI is InChI=1S/C26H38N2O7/c1-5-6-7-8-9-10-17-33-21-13-11-20(12-14-21)18-27(25(32)34-26(2,3)4)19-23(30)35-28-16-15-22(29)24(28)31/h11-14H,5-10,15-19H2,1-4H3. The highest BCUT2D eigenvalue weighted by Gasteiger charge is 2.33. The molecule has 194 valence electrons. The number of hydrogen-bond acceptors (Lipinski definition) is 7. The largest absolute Gasteiger partial charge is 0.494 e. The number of hydrogen-bond donors (Lipinski definition) is 0. The third kappa shape index (κ3) is 10.4. The van der Waals surface area contributed by atoms with Crippen molar-refractivity contribution in [2.24, 2.45) is 0 Å². The summed E-state index contributed by atoms with van der Waals surface area (Å²) in [5.41, 5.74) is 0.00755. The SMILES string of the molecule is CCCCCCCCOc1ccc(CN(CC(=O)ON2CCC(=O)C2=O)C(=O)OC(C)(C)C)cc1. The predicted molar refractivity (Wildman–Crippen MR) is 129 cm³/mol. The summed E-state index contributed by atoms with van der Waals surface area (Å²) in [6, 6.07) is 7.29. The van der Waals surface area contributed by atoms with E-state index in [1.165, 1.54) is 30.6 Å². The third-order valence-electron chi connectivity index (χ3n) is 5.25. The molecule has 1 aliphatic rings. The van der Waals surface area contributed by atoms with E-state index in [2.05, 4.69) is 6.92 Å². The van der Waals surface area contributed by atoms with Gasteiger partial charge in [0.25, 0.3) is 0 Å². The van der Waals surface area contributed by atoms with Crippen LogP contribution in [0.4, 0.5) is 4.79 Å². The van der Waals surface area contributed by atoms with Gasteiger partial charge in [0.1, 0.15) is 17.9 Å². The minimum Gasteiger partial charge on any atom is -0.494 e. The summed E-state index contributed by atoms with van der Waals surface area (Å²) >= 11 is 0. The maximum Gasteiger partial charge on any atom is 0.411 e. The van der Waals surface area contributed by atoms with Crippen LogP contribution in [0.25, 0.3) is 0 Å². The summed E-state index contributed by atoms with van der Waals surface area (Å²) in [5, 5.41) is 0.730. The second-order valence-electron chi connectivity index (χ2n) is 9.64. The minimum atomic E-state index is -0.862. The molecule has 9 heteroatoms. The first kappa shape index (κ1) is 28.1. The van der Waals surface area contributed by atoms with Gasteiger partial charge in [-0.05, 0) is 44.9 Å². The highest BCUT2D eigenvalue weighted by atomic mass is 16.7. The number of unbranched alkanes of at least 4 members (excludes halogenated alkanes) is 5. The van der Waals surface area contributed by atoms with E-state index in [-0.39, 0.29) is 19.5 Å². The molecule has 0 aromatic heterocycles. The molecule has 0 spiro atoms. The lowest BCUT2D eigenvalue weighted by Crippen LogP contribution is -2.42. The van der Waals surface area contributed by atoms with E-state index in [0.29, 0.717) is 6.61 Å². The van der Waals surface area contributed by atoms with Crippen molar-refractivity contribution in [3.05, 3.63) is 29.8 Å². The summed E-state index contributed by atoms with van der Waals surface area (Å²) in [5.74, 6) is -1.57. The van der Waals surface area contributed by atoms with Gasteiger partial charge in [-0.1, -0.05) is 51.2 Å². The number of carbonyl (C=O) groups is 4. The molecule has 2 rings (SSSR count). The minimum absolute atomic E-state index is 0.00479. The Hall–Kier alpha value is -3.10. The smallest absolute Gasteiger partial charge is 0.411 e. The van der Waals surface area contributed by atoms with Crippen LogP contribution >= 0.6 is 0 Å². The van der Waals surface area contributed by atoms with E-state index in [1.54, 1.807) is 20.8 Å². The number of benzene rings is 1. The van der Waals surface area contributed by atoms with Gasteiger partial charge in [0, 0.05) is 13.0 Å². The van der Waals surface area contributed by atoms with Crippen molar-refractivity contribution >= 4 is 23.8 Å². The third-order valence-corrected chi connectivity index (χ3v) is 5.25. The normalized spacial score (nSPS) is 13.7. The molecule has 1 aliphatic heterocycles. The summed E-state index contributed by atoms with van der Waals surface area (Å²) in [6.07, 6.45) is 6.45. The lowest BCUT2D eigenvalue weighted by atomic mass is 10.1. The molecule has 1 fully saturated rings. The molecule has 2 amide bonds. The molecule has 9 nitrogen and oxygen atoms in total. The van der Waals surface area contributed by atoms with Gasteiger partial charge >= 0.3 is 18.0 Å². The lowest BCUT2D eigenvalue weighted by molar-refractivity contribution is -0.193. The molecule has 0 atom stereocenters. The monoisotopic (exact) mass is 490 g/mol. The van der Waals surface area contributed by atoms with Crippen LogP contribution < -0.4 is 4.74 Å². The van der Waals surface area contributed by atoms with E-state index >= 15 is 0 Å². The summed E-state index contributed by atoms with van der Waals surface area (Å²) < 4.78 is 11.2. The maximum absolute atomic E-state index is 12.7. The highest BCUT2D eigenvalue weighted by Crippen LogP contribution is 2.17. The van der Waals surface area contributed by atoms with Crippen LogP contribution in [-0.2, 0) is 30.5 Å². The summed E-state index contributed by atoms with van der Waals surface area (Å²) in [4.78, 5) is 54.4. The molecule has 0 bridgehead atoms. The average Bonchev–Trinajstić information content (AvgIpc) is 3.10. The van der Waals surface area contributed by atoms with Crippen molar-refractivity contribution in [2.45, 2.75) is 84.8 Å². The molecular formula is C26H38N2O7. The van der Waals surface area contributed by atoms with Crippen molar-refractivity contribution in [1.29, 1.82) is 0 Å². The molecule has 0 N–H and O–H groups in total. The van der Waals surface area contributed by atoms with Crippen LogP contribution in [0.15, 0.2) is 24.3 Å². The Morgan fingerprint density at radius 3 is 2.26 bits per heavy atom. The van der Waals surface area contributed by atoms with Gasteiger partial charge in [0.05, 0.1) is 13.2 Å². The zero-order chi connectivity index (χ0) is 25.8. The molecule has 1 aromatic carbocycles. The average molecular weight is 491 g/mol. The van der Waals surface area contributed by atoms with Crippen molar-refractivity contribution in [3.63, 3.8) is 0 Å². The van der Waals surface area contributed by atoms with Crippen molar-refractivity contribution in [3.8, 4) is 5.75 Å². The highest BCUT2D eigenvalue weighted by molar-refractivity contribution is 6.37. The van der Waals surface area contributed by atoms with Crippen LogP contribution in [0.2, 0.25) is 0 Å². The topological polar surface area (TPSA) is 102 Å². The van der Waals surface area contributed by atoms with Crippen molar-refractivity contribution < 1.29 is 33.5 Å². The Morgan fingerprint density at radius 1 is 1.00 bits per heavy atom. The quantitative estimate of drug-likeness (QED) is 0.298. The second kappa shape index (κ2) is 13.7. The van der Waals surface area contributed by atoms with E-state index < -0.39 is 35.9 Å². The van der Waals surface area contributed by atoms with Crippen molar-refractivity contribution in [1.82, 2.24) is 9.96 Å². The predicted octanol–water partition coefficient (Wildman–Crippen LogP) is 4.42. The zero-order valence-electron chi connectivity index (χ0n) is 21.3. The van der Waals surface area contributed by atoms with Crippen LogP contribution in [0.5, 0.6) is 5.75 Å². The number of carbonyl (C=O) groups excluding carboxylic acids is 4. The van der Waals surface area contributed by atoms with Crippen LogP contribution in [0.1, 0.15) is 78.2 Å². The van der Waals surface area contributed by atoms with Crippen LogP contribution in [-0.4, -0.2) is 59.0 Å². The number of amides is 2.